The Kier molecular flexibility index (Phi) is 4.00. The minimum atomic E-state index is -3.38. The van der Waals surface area contributed by atoms with Crippen LogP contribution in [0.15, 0.2) is 17.2 Å². The van der Waals surface area contributed by atoms with Gasteiger partial charge in [-0.15, -0.1) is 11.6 Å². The minimum Gasteiger partial charge on any atom is -0.349 e. The first-order chi connectivity index (χ1) is 8.80. The number of hydrogen-bond acceptors (Lipinski definition) is 2. The van der Waals surface area contributed by atoms with Gasteiger partial charge in [0.2, 0.25) is 10.0 Å². The van der Waals surface area contributed by atoms with E-state index in [1.54, 1.807) is 16.6 Å². The monoisotopic (exact) mass is 304 g/mol. The van der Waals surface area contributed by atoms with Crippen LogP contribution in [0.2, 0.25) is 0 Å². The number of nitrogens with zero attached hydrogens (tertiary/aromatic N) is 2. The molecule has 6 heteroatoms. The minimum absolute atomic E-state index is 0.0652. The van der Waals surface area contributed by atoms with Crippen molar-refractivity contribution in [2.45, 2.75) is 44.5 Å². The molecule has 0 unspecified atom stereocenters. The molecule has 1 aliphatic rings. The topological polar surface area (TPSA) is 42.3 Å². The van der Waals surface area contributed by atoms with Crippen molar-refractivity contribution in [3.05, 3.63) is 18.0 Å². The highest BCUT2D eigenvalue weighted by atomic mass is 35.5. The van der Waals surface area contributed by atoms with Crippen LogP contribution < -0.4 is 0 Å². The van der Waals surface area contributed by atoms with Gasteiger partial charge in [-0.2, -0.15) is 4.31 Å². The maximum atomic E-state index is 12.6. The second-order valence-electron chi connectivity index (χ2n) is 5.84. The van der Waals surface area contributed by atoms with Gasteiger partial charge in [-0.1, -0.05) is 13.8 Å². The van der Waals surface area contributed by atoms with E-state index >= 15 is 0 Å². The Bertz CT molecular complexity index is 542. The smallest absolute Gasteiger partial charge is 0.244 e. The van der Waals surface area contributed by atoms with E-state index in [2.05, 4.69) is 13.8 Å². The van der Waals surface area contributed by atoms with E-state index in [1.807, 2.05) is 11.5 Å². The Balaban J connectivity index is 2.32. The van der Waals surface area contributed by atoms with Gasteiger partial charge in [0.25, 0.3) is 0 Å². The Morgan fingerprint density at radius 1 is 1.42 bits per heavy atom. The average molecular weight is 305 g/mol. The van der Waals surface area contributed by atoms with Gasteiger partial charge in [-0.05, 0) is 24.8 Å². The summed E-state index contributed by atoms with van der Waals surface area (Å²) < 4.78 is 28.7. The Morgan fingerprint density at radius 2 is 2.11 bits per heavy atom. The van der Waals surface area contributed by atoms with Crippen molar-refractivity contribution in [3.8, 4) is 0 Å². The summed E-state index contributed by atoms with van der Waals surface area (Å²) in [5.41, 5.74) is 0.914. The summed E-state index contributed by atoms with van der Waals surface area (Å²) in [7, 11) is -3.38. The van der Waals surface area contributed by atoms with E-state index in [9.17, 15) is 8.42 Å². The second kappa shape index (κ2) is 5.11. The number of aromatic nitrogens is 1. The number of rotatable bonds is 4. The van der Waals surface area contributed by atoms with Gasteiger partial charge < -0.3 is 4.57 Å². The fraction of sp³-hybridized carbons (Fsp3) is 0.692. The predicted octanol–water partition coefficient (Wildman–Crippen LogP) is 2.67. The van der Waals surface area contributed by atoms with Crippen LogP contribution in [0.25, 0.3) is 0 Å². The van der Waals surface area contributed by atoms with Gasteiger partial charge in [0.15, 0.2) is 0 Å². The molecule has 4 nitrogen and oxygen atoms in total. The third-order valence-electron chi connectivity index (χ3n) is 3.72. The third kappa shape index (κ3) is 2.83. The van der Waals surface area contributed by atoms with Crippen LogP contribution in [0.3, 0.4) is 0 Å². The summed E-state index contributed by atoms with van der Waals surface area (Å²) in [4.78, 5) is 0.364. The summed E-state index contributed by atoms with van der Waals surface area (Å²) in [5, 5.41) is 0. The van der Waals surface area contributed by atoms with Crippen molar-refractivity contribution in [1.82, 2.24) is 8.87 Å². The van der Waals surface area contributed by atoms with Gasteiger partial charge in [-0.3, -0.25) is 0 Å². The van der Waals surface area contributed by atoms with Gasteiger partial charge in [0.1, 0.15) is 4.90 Å². The highest BCUT2D eigenvalue weighted by molar-refractivity contribution is 7.89. The van der Waals surface area contributed by atoms with Crippen LogP contribution in [0.5, 0.6) is 0 Å². The van der Waals surface area contributed by atoms with Gasteiger partial charge >= 0.3 is 0 Å². The Hall–Kier alpha value is -0.520. The van der Waals surface area contributed by atoms with Crippen molar-refractivity contribution >= 4 is 21.6 Å². The van der Waals surface area contributed by atoms with Crippen molar-refractivity contribution in [2.75, 3.05) is 13.1 Å². The molecule has 1 aliphatic heterocycles. The lowest BCUT2D eigenvalue weighted by Crippen LogP contribution is -2.30. The fourth-order valence-electron chi connectivity index (χ4n) is 2.49. The Labute approximate surface area is 120 Å². The van der Waals surface area contributed by atoms with E-state index in [0.717, 1.165) is 18.7 Å². The Morgan fingerprint density at radius 3 is 2.53 bits per heavy atom. The zero-order valence-corrected chi connectivity index (χ0v) is 13.3. The van der Waals surface area contributed by atoms with E-state index in [4.69, 9.17) is 11.6 Å². The summed E-state index contributed by atoms with van der Waals surface area (Å²) in [6, 6.07) is 1.69. The maximum absolute atomic E-state index is 12.6. The molecule has 1 aromatic rings. The molecule has 19 heavy (non-hydrogen) atoms. The van der Waals surface area contributed by atoms with Crippen LogP contribution in [0, 0.1) is 5.41 Å². The first kappa shape index (κ1) is 14.9. The van der Waals surface area contributed by atoms with Crippen LogP contribution >= 0.6 is 11.6 Å². The summed E-state index contributed by atoms with van der Waals surface area (Å²) in [6.07, 6.45) is 2.60. The van der Waals surface area contributed by atoms with Gasteiger partial charge in [0, 0.05) is 31.5 Å². The normalized spacial score (nSPS) is 20.0. The molecule has 0 amide bonds. The van der Waals surface area contributed by atoms with Crippen molar-refractivity contribution in [2.24, 2.45) is 5.41 Å². The molecule has 0 spiro atoms. The van der Waals surface area contributed by atoms with Crippen molar-refractivity contribution in [3.63, 3.8) is 0 Å². The molecule has 0 saturated carbocycles. The van der Waals surface area contributed by atoms with E-state index < -0.39 is 10.0 Å². The lowest BCUT2D eigenvalue weighted by Gasteiger charge is -2.19. The lowest BCUT2D eigenvalue weighted by atomic mass is 9.93. The third-order valence-corrected chi connectivity index (χ3v) is 5.80. The highest BCUT2D eigenvalue weighted by Gasteiger charge is 2.37. The number of sulfonamides is 1. The van der Waals surface area contributed by atoms with Crippen LogP contribution in [-0.2, 0) is 22.4 Å². The molecule has 108 valence electrons. The standard InChI is InChI=1S/C13H21ClN2O2S/c1-4-15-9-12(7-11(15)8-14)19(17,18)16-6-5-13(2,3)10-16/h7,9H,4-6,8,10H2,1-3H3. The molecule has 1 fully saturated rings. The molecule has 1 saturated heterocycles. The highest BCUT2D eigenvalue weighted by Crippen LogP contribution is 2.33. The molecule has 0 radical (unpaired) electrons. The molecule has 0 aliphatic carbocycles. The molecule has 0 atom stereocenters. The number of hydrogen-bond donors (Lipinski definition) is 0. The molecule has 2 heterocycles. The first-order valence-electron chi connectivity index (χ1n) is 6.55. The number of aryl methyl sites for hydroxylation is 1. The van der Waals surface area contributed by atoms with E-state index in [0.29, 0.717) is 23.9 Å². The molecule has 0 bridgehead atoms. The molecule has 2 rings (SSSR count). The molecule has 1 aromatic heterocycles. The molecular formula is C13H21ClN2O2S. The summed E-state index contributed by atoms with van der Waals surface area (Å²) >= 11 is 5.85. The second-order valence-corrected chi connectivity index (χ2v) is 8.04. The predicted molar refractivity (Wildman–Crippen MR) is 76.8 cm³/mol. The van der Waals surface area contributed by atoms with E-state index in [-0.39, 0.29) is 5.41 Å². The van der Waals surface area contributed by atoms with E-state index in [1.165, 1.54) is 0 Å². The molecule has 0 aromatic carbocycles. The van der Waals surface area contributed by atoms with Crippen molar-refractivity contribution in [1.29, 1.82) is 0 Å². The maximum Gasteiger partial charge on any atom is 0.244 e. The van der Waals surface area contributed by atoms with Crippen molar-refractivity contribution < 1.29 is 8.42 Å². The summed E-state index contributed by atoms with van der Waals surface area (Å²) in [5.74, 6) is 0.328. The fourth-order valence-corrected chi connectivity index (χ4v) is 4.41. The molecule has 0 N–H and O–H groups in total. The zero-order chi connectivity index (χ0) is 14.3. The van der Waals surface area contributed by atoms with Crippen LogP contribution in [-0.4, -0.2) is 30.4 Å². The quantitative estimate of drug-likeness (QED) is 0.803. The first-order valence-corrected chi connectivity index (χ1v) is 8.53. The largest absolute Gasteiger partial charge is 0.349 e. The number of halogens is 1. The average Bonchev–Trinajstić information content (AvgIpc) is 2.92. The van der Waals surface area contributed by atoms with Gasteiger partial charge in [-0.25, -0.2) is 8.42 Å². The summed E-state index contributed by atoms with van der Waals surface area (Å²) in [6.45, 7) is 8.09. The number of alkyl halides is 1. The molecular weight excluding hydrogens is 284 g/mol. The lowest BCUT2D eigenvalue weighted by molar-refractivity contribution is 0.375. The SMILES string of the molecule is CCn1cc(S(=O)(=O)N2CCC(C)(C)C2)cc1CCl. The van der Waals surface area contributed by atoms with Crippen LogP contribution in [0.1, 0.15) is 32.9 Å². The zero-order valence-electron chi connectivity index (χ0n) is 11.7. The van der Waals surface area contributed by atoms with Crippen LogP contribution in [0.4, 0.5) is 0 Å². The van der Waals surface area contributed by atoms with Gasteiger partial charge in [0.05, 0.1) is 5.88 Å².